The lowest BCUT2D eigenvalue weighted by atomic mass is 9.99. The topological polar surface area (TPSA) is 44.1 Å². The average Bonchev–Trinajstić information content (AvgIpc) is 3.18. The van der Waals surface area contributed by atoms with Gasteiger partial charge in [0.05, 0.1) is 6.07 Å². The Morgan fingerprint density at radius 3 is 2.53 bits per heavy atom. The van der Waals surface area contributed by atoms with Crippen molar-refractivity contribution in [3.63, 3.8) is 0 Å². The van der Waals surface area contributed by atoms with Crippen LogP contribution in [0, 0.1) is 23.7 Å². The van der Waals surface area contributed by atoms with Gasteiger partial charge in [0.15, 0.2) is 0 Å². The smallest absolute Gasteiger partial charge is 0.247 e. The van der Waals surface area contributed by atoms with Crippen LogP contribution in [-0.2, 0) is 4.79 Å². The minimum absolute atomic E-state index is 0.0704. The Kier molecular flexibility index (Phi) is 3.36. The molecule has 0 bridgehead atoms. The molecule has 3 nitrogen and oxygen atoms in total. The van der Waals surface area contributed by atoms with Crippen LogP contribution in [0.5, 0.6) is 0 Å². The van der Waals surface area contributed by atoms with E-state index in [-0.39, 0.29) is 5.91 Å². The molecule has 1 aliphatic rings. The second-order valence-electron chi connectivity index (χ2n) is 5.76. The zero-order valence-corrected chi connectivity index (χ0v) is 12.0. The zero-order valence-electron chi connectivity index (χ0n) is 12.0. The molecule has 1 aromatic carbocycles. The highest BCUT2D eigenvalue weighted by atomic mass is 16.2. The van der Waals surface area contributed by atoms with Gasteiger partial charge in [-0.2, -0.15) is 5.26 Å². The van der Waals surface area contributed by atoms with Gasteiger partial charge < -0.3 is 4.90 Å². The molecular weight excluding hydrogens is 236 g/mol. The molecule has 0 heterocycles. The van der Waals surface area contributed by atoms with E-state index >= 15 is 0 Å². The van der Waals surface area contributed by atoms with Gasteiger partial charge in [-0.1, -0.05) is 26.0 Å². The molecule has 1 saturated carbocycles. The highest BCUT2D eigenvalue weighted by Gasteiger charge is 2.52. The van der Waals surface area contributed by atoms with Gasteiger partial charge in [-0.25, -0.2) is 0 Å². The van der Waals surface area contributed by atoms with E-state index in [9.17, 15) is 4.79 Å². The number of rotatable bonds is 3. The number of carbonyl (C=O) groups is 1. The van der Waals surface area contributed by atoms with E-state index in [0.29, 0.717) is 18.8 Å². The number of anilines is 1. The first kappa shape index (κ1) is 13.6. The van der Waals surface area contributed by atoms with E-state index in [1.165, 1.54) is 5.56 Å². The molecule has 0 radical (unpaired) electrons. The molecule has 19 heavy (non-hydrogen) atoms. The van der Waals surface area contributed by atoms with Crippen LogP contribution in [0.1, 0.15) is 43.7 Å². The summed E-state index contributed by atoms with van der Waals surface area (Å²) in [6.07, 6.45) is 1.38. The number of nitriles is 1. The Balaban J connectivity index is 2.34. The maximum Gasteiger partial charge on any atom is 0.247 e. The predicted molar refractivity (Wildman–Crippen MR) is 76.0 cm³/mol. The number of hydrogen-bond donors (Lipinski definition) is 0. The molecule has 1 fully saturated rings. The molecule has 0 aromatic heterocycles. The van der Waals surface area contributed by atoms with Crippen LogP contribution in [0.15, 0.2) is 18.2 Å². The molecule has 1 amide bonds. The fourth-order valence-electron chi connectivity index (χ4n) is 2.28. The van der Waals surface area contributed by atoms with Gasteiger partial charge >= 0.3 is 0 Å². The Morgan fingerprint density at radius 1 is 1.42 bits per heavy atom. The molecule has 0 unspecified atom stereocenters. The molecule has 1 aromatic rings. The van der Waals surface area contributed by atoms with Crippen LogP contribution in [-0.4, -0.2) is 13.0 Å². The maximum absolute atomic E-state index is 12.4. The molecule has 0 saturated heterocycles. The van der Waals surface area contributed by atoms with Gasteiger partial charge in [-0.15, -0.1) is 0 Å². The lowest BCUT2D eigenvalue weighted by molar-refractivity contribution is -0.121. The van der Waals surface area contributed by atoms with Crippen LogP contribution in [0.25, 0.3) is 0 Å². The summed E-state index contributed by atoms with van der Waals surface area (Å²) in [5.74, 6) is 0.354. The summed E-state index contributed by atoms with van der Waals surface area (Å²) in [7, 11) is 1.77. The zero-order chi connectivity index (χ0) is 14.2. The number of hydrogen-bond acceptors (Lipinski definition) is 2. The van der Waals surface area contributed by atoms with Crippen molar-refractivity contribution in [2.75, 3.05) is 11.9 Å². The van der Waals surface area contributed by atoms with E-state index in [1.807, 2.05) is 13.0 Å². The third-order valence-electron chi connectivity index (χ3n) is 3.94. The van der Waals surface area contributed by atoms with Gasteiger partial charge in [0.2, 0.25) is 5.91 Å². The second-order valence-corrected chi connectivity index (χ2v) is 5.76. The average molecular weight is 256 g/mol. The number of nitrogens with zero attached hydrogens (tertiary/aromatic N) is 2. The molecule has 2 rings (SSSR count). The van der Waals surface area contributed by atoms with Crippen LogP contribution >= 0.6 is 0 Å². The minimum Gasteiger partial charge on any atom is -0.314 e. The SMILES string of the molecule is Cc1ccc(C(C)C)cc1N(C)C(=O)C1(C#N)CC1. The molecule has 100 valence electrons. The Morgan fingerprint density at radius 2 is 2.05 bits per heavy atom. The summed E-state index contributed by atoms with van der Waals surface area (Å²) in [6, 6.07) is 8.37. The standard InChI is InChI=1S/C16H20N2O/c1-11(2)13-6-5-12(3)14(9-13)18(4)15(19)16(10-17)7-8-16/h5-6,9,11H,7-8H2,1-4H3. The van der Waals surface area contributed by atoms with E-state index in [1.54, 1.807) is 11.9 Å². The highest BCUT2D eigenvalue weighted by Crippen LogP contribution is 2.47. The van der Waals surface area contributed by atoms with Crippen LogP contribution in [0.3, 0.4) is 0 Å². The fourth-order valence-corrected chi connectivity index (χ4v) is 2.28. The number of benzene rings is 1. The molecule has 0 N–H and O–H groups in total. The van der Waals surface area contributed by atoms with Crippen molar-refractivity contribution >= 4 is 11.6 Å². The maximum atomic E-state index is 12.4. The highest BCUT2D eigenvalue weighted by molar-refractivity contribution is 6.01. The molecule has 0 spiro atoms. The van der Waals surface area contributed by atoms with Gasteiger partial charge in [0.25, 0.3) is 0 Å². The quantitative estimate of drug-likeness (QED) is 0.832. The summed E-state index contributed by atoms with van der Waals surface area (Å²) >= 11 is 0. The van der Waals surface area contributed by atoms with Gasteiger partial charge in [-0.05, 0) is 42.9 Å². The summed E-state index contributed by atoms with van der Waals surface area (Å²) in [6.45, 7) is 6.26. The molecule has 0 atom stereocenters. The Labute approximate surface area is 114 Å². The number of carbonyl (C=O) groups excluding carboxylic acids is 1. The summed E-state index contributed by atoms with van der Waals surface area (Å²) < 4.78 is 0. The largest absolute Gasteiger partial charge is 0.314 e. The van der Waals surface area contributed by atoms with Crippen molar-refractivity contribution < 1.29 is 4.79 Å². The monoisotopic (exact) mass is 256 g/mol. The van der Waals surface area contributed by atoms with Crippen molar-refractivity contribution in [1.82, 2.24) is 0 Å². The lowest BCUT2D eigenvalue weighted by Gasteiger charge is -2.23. The Hall–Kier alpha value is -1.82. The lowest BCUT2D eigenvalue weighted by Crippen LogP contribution is -2.34. The van der Waals surface area contributed by atoms with Crippen LogP contribution in [0.2, 0.25) is 0 Å². The van der Waals surface area contributed by atoms with Crippen molar-refractivity contribution in [2.45, 2.75) is 39.5 Å². The van der Waals surface area contributed by atoms with Crippen molar-refractivity contribution in [3.05, 3.63) is 29.3 Å². The summed E-state index contributed by atoms with van der Waals surface area (Å²) in [4.78, 5) is 14.0. The van der Waals surface area contributed by atoms with E-state index in [2.05, 4.69) is 32.0 Å². The number of amides is 1. The fraction of sp³-hybridized carbons (Fsp3) is 0.500. The van der Waals surface area contributed by atoms with Gasteiger partial charge in [0.1, 0.15) is 5.41 Å². The molecular formula is C16H20N2O. The third kappa shape index (κ3) is 2.35. The van der Waals surface area contributed by atoms with Crippen LogP contribution < -0.4 is 4.90 Å². The minimum atomic E-state index is -0.755. The first-order chi connectivity index (χ1) is 8.91. The second kappa shape index (κ2) is 4.70. The van der Waals surface area contributed by atoms with Crippen LogP contribution in [0.4, 0.5) is 5.69 Å². The van der Waals surface area contributed by atoms with Crippen molar-refractivity contribution in [3.8, 4) is 6.07 Å². The first-order valence-electron chi connectivity index (χ1n) is 6.71. The third-order valence-corrected chi connectivity index (χ3v) is 3.94. The summed E-state index contributed by atoms with van der Waals surface area (Å²) in [5.41, 5.74) is 2.43. The first-order valence-corrected chi connectivity index (χ1v) is 6.71. The van der Waals surface area contributed by atoms with Crippen molar-refractivity contribution in [2.24, 2.45) is 5.41 Å². The molecule has 1 aliphatic carbocycles. The molecule has 3 heteroatoms. The van der Waals surface area contributed by atoms with E-state index in [0.717, 1.165) is 11.3 Å². The normalized spacial score (nSPS) is 16.0. The predicted octanol–water partition coefficient (Wildman–Crippen LogP) is 3.39. The van der Waals surface area contributed by atoms with E-state index in [4.69, 9.17) is 5.26 Å². The van der Waals surface area contributed by atoms with E-state index < -0.39 is 5.41 Å². The van der Waals surface area contributed by atoms with Crippen molar-refractivity contribution in [1.29, 1.82) is 5.26 Å². The molecule has 0 aliphatic heterocycles. The van der Waals surface area contributed by atoms with Gasteiger partial charge in [-0.3, -0.25) is 4.79 Å². The Bertz CT molecular complexity index is 550. The van der Waals surface area contributed by atoms with Gasteiger partial charge in [0, 0.05) is 12.7 Å². The summed E-state index contributed by atoms with van der Waals surface area (Å²) in [5, 5.41) is 9.14. The number of aryl methyl sites for hydroxylation is 1.